The van der Waals surface area contributed by atoms with Gasteiger partial charge >= 0.3 is 0 Å². The van der Waals surface area contributed by atoms with E-state index in [2.05, 4.69) is 24.1 Å². The molecule has 1 N–H and O–H groups in total. The van der Waals surface area contributed by atoms with E-state index in [9.17, 15) is 0 Å². The highest BCUT2D eigenvalue weighted by Crippen LogP contribution is 2.25. The molecule has 1 aliphatic rings. The number of likely N-dealkylation sites (tertiary alicyclic amines) is 1. The fraction of sp³-hybridized carbons (Fsp3) is 1.00. The predicted octanol–water partition coefficient (Wildman–Crippen LogP) is 1.18. The summed E-state index contributed by atoms with van der Waals surface area (Å²) in [4.78, 5) is 2.51. The fourth-order valence-corrected chi connectivity index (χ4v) is 1.84. The largest absolute Gasteiger partial charge is 0.320 e. The summed E-state index contributed by atoms with van der Waals surface area (Å²) in [6.07, 6.45) is 1.33. The maximum Gasteiger partial charge on any atom is 0.00245 e. The molecule has 0 radical (unpaired) electrons. The Balaban J connectivity index is 2.06. The topological polar surface area (TPSA) is 15.3 Å². The van der Waals surface area contributed by atoms with Crippen LogP contribution in [0.2, 0.25) is 0 Å². The lowest BCUT2D eigenvalue weighted by atomic mass is 9.85. The molecule has 0 aromatic heterocycles. The Morgan fingerprint density at radius 3 is 2.67 bits per heavy atom. The van der Waals surface area contributed by atoms with E-state index in [4.69, 9.17) is 0 Å². The molecule has 1 fully saturated rings. The molecular formula is C10H22N2. The van der Waals surface area contributed by atoms with E-state index in [1.165, 1.54) is 32.6 Å². The first-order valence-electron chi connectivity index (χ1n) is 5.14. The molecule has 0 aromatic carbocycles. The van der Waals surface area contributed by atoms with Gasteiger partial charge in [0.15, 0.2) is 0 Å². The van der Waals surface area contributed by atoms with E-state index in [1.54, 1.807) is 0 Å². The van der Waals surface area contributed by atoms with Gasteiger partial charge in [0.2, 0.25) is 0 Å². The average molecular weight is 170 g/mol. The third kappa shape index (κ3) is 2.46. The number of nitrogens with one attached hydrogen (secondary N) is 1. The first kappa shape index (κ1) is 10.0. The van der Waals surface area contributed by atoms with Gasteiger partial charge in [-0.3, -0.25) is 0 Å². The van der Waals surface area contributed by atoms with Gasteiger partial charge in [0.05, 0.1) is 0 Å². The highest BCUT2D eigenvalue weighted by Gasteiger charge is 2.29. The summed E-state index contributed by atoms with van der Waals surface area (Å²) in [7, 11) is 2.03. The number of nitrogens with zero attached hydrogens (tertiary/aromatic N) is 1. The molecule has 0 aromatic rings. The van der Waals surface area contributed by atoms with Crippen LogP contribution in [0.4, 0.5) is 0 Å². The lowest BCUT2D eigenvalue weighted by Gasteiger charge is -2.42. The minimum atomic E-state index is 0.903. The average Bonchev–Trinajstić information content (AvgIpc) is 1.99. The molecule has 0 spiro atoms. The van der Waals surface area contributed by atoms with E-state index >= 15 is 0 Å². The highest BCUT2D eigenvalue weighted by molar-refractivity contribution is 4.82. The zero-order valence-electron chi connectivity index (χ0n) is 8.64. The van der Waals surface area contributed by atoms with Gasteiger partial charge in [0.1, 0.15) is 0 Å². The lowest BCUT2D eigenvalue weighted by molar-refractivity contribution is 0.0657. The lowest BCUT2D eigenvalue weighted by Crippen LogP contribution is -2.49. The molecule has 0 aliphatic carbocycles. The van der Waals surface area contributed by atoms with Crippen molar-refractivity contribution < 1.29 is 0 Å². The van der Waals surface area contributed by atoms with E-state index in [-0.39, 0.29) is 0 Å². The molecule has 72 valence electrons. The first-order valence-corrected chi connectivity index (χ1v) is 5.14. The number of rotatable bonds is 5. The summed E-state index contributed by atoms with van der Waals surface area (Å²) in [5.74, 6) is 1.87. The monoisotopic (exact) mass is 170 g/mol. The minimum absolute atomic E-state index is 0.903. The molecule has 1 atom stereocenters. The molecular weight excluding hydrogens is 148 g/mol. The van der Waals surface area contributed by atoms with Gasteiger partial charge in [-0.15, -0.1) is 0 Å². The summed E-state index contributed by atoms with van der Waals surface area (Å²) in [5.41, 5.74) is 0. The van der Waals surface area contributed by atoms with Crippen LogP contribution in [-0.4, -0.2) is 38.1 Å². The van der Waals surface area contributed by atoms with Gasteiger partial charge in [-0.05, 0) is 38.4 Å². The standard InChI is InChI=1S/C10H22N2/c1-4-12-7-10(8-12)9(2)5-6-11-3/h9-11H,4-8H2,1-3H3. The van der Waals surface area contributed by atoms with E-state index in [0.717, 1.165) is 11.8 Å². The van der Waals surface area contributed by atoms with Gasteiger partial charge in [-0.1, -0.05) is 13.8 Å². The number of hydrogen-bond donors (Lipinski definition) is 1. The molecule has 2 nitrogen and oxygen atoms in total. The molecule has 1 unspecified atom stereocenters. The summed E-state index contributed by atoms with van der Waals surface area (Å²) in [6, 6.07) is 0. The smallest absolute Gasteiger partial charge is 0.00245 e. The molecule has 0 bridgehead atoms. The van der Waals surface area contributed by atoms with Gasteiger partial charge < -0.3 is 10.2 Å². The molecule has 1 saturated heterocycles. The second-order valence-electron chi connectivity index (χ2n) is 3.98. The maximum absolute atomic E-state index is 3.21. The Morgan fingerprint density at radius 2 is 2.17 bits per heavy atom. The number of hydrogen-bond acceptors (Lipinski definition) is 2. The van der Waals surface area contributed by atoms with Crippen LogP contribution in [0, 0.1) is 11.8 Å². The van der Waals surface area contributed by atoms with Crippen molar-refractivity contribution in [3.63, 3.8) is 0 Å². The third-order valence-corrected chi connectivity index (χ3v) is 3.09. The third-order valence-electron chi connectivity index (χ3n) is 3.09. The van der Waals surface area contributed by atoms with Crippen molar-refractivity contribution in [3.8, 4) is 0 Å². The molecule has 2 heteroatoms. The van der Waals surface area contributed by atoms with Gasteiger partial charge in [-0.25, -0.2) is 0 Å². The van der Waals surface area contributed by atoms with Crippen molar-refractivity contribution in [2.45, 2.75) is 20.3 Å². The van der Waals surface area contributed by atoms with E-state index < -0.39 is 0 Å². The van der Waals surface area contributed by atoms with Crippen LogP contribution >= 0.6 is 0 Å². The van der Waals surface area contributed by atoms with Crippen molar-refractivity contribution in [1.82, 2.24) is 10.2 Å². The van der Waals surface area contributed by atoms with Gasteiger partial charge in [-0.2, -0.15) is 0 Å². The Labute approximate surface area is 76.3 Å². The maximum atomic E-state index is 3.21. The Hall–Kier alpha value is -0.0800. The van der Waals surface area contributed by atoms with Crippen LogP contribution in [0.1, 0.15) is 20.3 Å². The second kappa shape index (κ2) is 4.83. The van der Waals surface area contributed by atoms with E-state index in [1.807, 2.05) is 7.05 Å². The van der Waals surface area contributed by atoms with Crippen molar-refractivity contribution in [3.05, 3.63) is 0 Å². The van der Waals surface area contributed by atoms with Gasteiger partial charge in [0.25, 0.3) is 0 Å². The van der Waals surface area contributed by atoms with E-state index in [0.29, 0.717) is 0 Å². The molecule has 1 rings (SSSR count). The Bertz CT molecular complexity index is 116. The summed E-state index contributed by atoms with van der Waals surface area (Å²) >= 11 is 0. The zero-order valence-corrected chi connectivity index (χ0v) is 8.64. The summed E-state index contributed by atoms with van der Waals surface area (Å²) < 4.78 is 0. The fourth-order valence-electron chi connectivity index (χ4n) is 1.84. The molecule has 1 heterocycles. The summed E-state index contributed by atoms with van der Waals surface area (Å²) in [5, 5.41) is 3.21. The van der Waals surface area contributed by atoms with Crippen molar-refractivity contribution in [2.24, 2.45) is 11.8 Å². The van der Waals surface area contributed by atoms with Crippen LogP contribution in [-0.2, 0) is 0 Å². The quantitative estimate of drug-likeness (QED) is 0.666. The van der Waals surface area contributed by atoms with Crippen LogP contribution in [0.5, 0.6) is 0 Å². The van der Waals surface area contributed by atoms with Crippen molar-refractivity contribution >= 4 is 0 Å². The van der Waals surface area contributed by atoms with Crippen LogP contribution in [0.25, 0.3) is 0 Å². The molecule has 0 saturated carbocycles. The molecule has 0 amide bonds. The summed E-state index contributed by atoms with van der Waals surface area (Å²) in [6.45, 7) is 9.70. The van der Waals surface area contributed by atoms with Crippen molar-refractivity contribution in [1.29, 1.82) is 0 Å². The zero-order chi connectivity index (χ0) is 8.97. The van der Waals surface area contributed by atoms with Crippen LogP contribution in [0.15, 0.2) is 0 Å². The Morgan fingerprint density at radius 1 is 1.50 bits per heavy atom. The normalized spacial score (nSPS) is 22.2. The van der Waals surface area contributed by atoms with Crippen LogP contribution < -0.4 is 5.32 Å². The van der Waals surface area contributed by atoms with Crippen molar-refractivity contribution in [2.75, 3.05) is 33.2 Å². The Kier molecular flexibility index (Phi) is 4.02. The predicted molar refractivity (Wildman–Crippen MR) is 53.3 cm³/mol. The first-order chi connectivity index (χ1) is 5.77. The van der Waals surface area contributed by atoms with Crippen LogP contribution in [0.3, 0.4) is 0 Å². The second-order valence-corrected chi connectivity index (χ2v) is 3.98. The molecule has 12 heavy (non-hydrogen) atoms. The van der Waals surface area contributed by atoms with Gasteiger partial charge in [0, 0.05) is 13.1 Å². The molecule has 1 aliphatic heterocycles. The minimum Gasteiger partial charge on any atom is -0.320 e. The highest BCUT2D eigenvalue weighted by atomic mass is 15.2. The SMILES string of the molecule is CCN1CC(C(C)CCNC)C1.